The van der Waals surface area contributed by atoms with E-state index in [0.717, 1.165) is 11.4 Å². The quantitative estimate of drug-likeness (QED) is 0.840. The first-order chi connectivity index (χ1) is 9.37. The average molecular weight is 274 g/mol. The summed E-state index contributed by atoms with van der Waals surface area (Å²) < 4.78 is 1.68. The van der Waals surface area contributed by atoms with Crippen molar-refractivity contribution in [3.8, 4) is 0 Å². The number of carbonyl (C=O) groups is 1. The Balaban J connectivity index is 2.01. The van der Waals surface area contributed by atoms with Gasteiger partial charge in [-0.15, -0.1) is 0 Å². The second-order valence-corrected chi connectivity index (χ2v) is 5.81. The van der Waals surface area contributed by atoms with Crippen LogP contribution < -0.4 is 0 Å². The summed E-state index contributed by atoms with van der Waals surface area (Å²) in [5.41, 5.74) is 2.09. The van der Waals surface area contributed by atoms with E-state index in [1.165, 1.54) is 0 Å². The van der Waals surface area contributed by atoms with E-state index in [2.05, 4.69) is 10.1 Å². The van der Waals surface area contributed by atoms with Crippen LogP contribution in [0.4, 0.5) is 0 Å². The number of likely N-dealkylation sites (tertiary alicyclic amines) is 1. The largest absolute Gasteiger partial charge is 0.388 e. The molecular formula is C14H18N4O2. The van der Waals surface area contributed by atoms with Gasteiger partial charge in [-0.3, -0.25) is 4.79 Å². The summed E-state index contributed by atoms with van der Waals surface area (Å²) in [6.45, 7) is 6.50. The number of β-amino-alcohol motifs (C(OH)–C–C–N with tert-alkyl or cyclic N) is 1. The van der Waals surface area contributed by atoms with Crippen molar-refractivity contribution in [2.45, 2.75) is 32.8 Å². The van der Waals surface area contributed by atoms with Gasteiger partial charge in [-0.25, -0.2) is 9.50 Å². The Bertz CT molecular complexity index is 690. The van der Waals surface area contributed by atoms with E-state index in [4.69, 9.17) is 0 Å². The fourth-order valence-corrected chi connectivity index (χ4v) is 2.71. The number of fused-ring (bicyclic) bond motifs is 1. The minimum absolute atomic E-state index is 0.115. The zero-order valence-corrected chi connectivity index (χ0v) is 11.9. The molecule has 0 bridgehead atoms. The summed E-state index contributed by atoms with van der Waals surface area (Å²) in [6, 6.07) is 1.93. The van der Waals surface area contributed by atoms with Crippen molar-refractivity contribution in [3.05, 3.63) is 29.2 Å². The highest BCUT2D eigenvalue weighted by atomic mass is 16.3. The maximum atomic E-state index is 12.6. The van der Waals surface area contributed by atoms with Gasteiger partial charge in [-0.1, -0.05) is 0 Å². The van der Waals surface area contributed by atoms with E-state index in [1.54, 1.807) is 22.5 Å². The van der Waals surface area contributed by atoms with E-state index in [0.29, 0.717) is 30.7 Å². The normalized spacial score (nSPS) is 22.7. The molecule has 20 heavy (non-hydrogen) atoms. The van der Waals surface area contributed by atoms with Crippen LogP contribution in [0.25, 0.3) is 5.65 Å². The minimum atomic E-state index is -0.794. The van der Waals surface area contributed by atoms with Crippen molar-refractivity contribution >= 4 is 11.6 Å². The van der Waals surface area contributed by atoms with Gasteiger partial charge in [-0.2, -0.15) is 5.10 Å². The Morgan fingerprint density at radius 2 is 2.20 bits per heavy atom. The fourth-order valence-electron chi connectivity index (χ4n) is 2.71. The highest BCUT2D eigenvalue weighted by molar-refractivity contribution is 5.99. The number of aryl methyl sites for hydroxylation is 2. The van der Waals surface area contributed by atoms with Gasteiger partial charge in [0.1, 0.15) is 5.56 Å². The third kappa shape index (κ3) is 2.06. The lowest BCUT2D eigenvalue weighted by atomic mass is 10.1. The number of carbonyl (C=O) groups excluding carboxylic acids is 1. The molecule has 2 aromatic heterocycles. The monoisotopic (exact) mass is 274 g/mol. The zero-order valence-electron chi connectivity index (χ0n) is 11.9. The standard InChI is InChI=1S/C14H18N4O2/c1-9-6-10(2)18-12(16-9)11(7-15-18)13(19)17-5-4-14(3,20)8-17/h6-7,20H,4-5,8H2,1-3H3. The van der Waals surface area contributed by atoms with Crippen molar-refractivity contribution in [3.63, 3.8) is 0 Å². The summed E-state index contributed by atoms with van der Waals surface area (Å²) in [6.07, 6.45) is 2.16. The Morgan fingerprint density at radius 3 is 2.85 bits per heavy atom. The number of aromatic nitrogens is 3. The van der Waals surface area contributed by atoms with Gasteiger partial charge in [0.05, 0.1) is 11.8 Å². The Morgan fingerprint density at radius 1 is 1.45 bits per heavy atom. The molecule has 1 atom stereocenters. The van der Waals surface area contributed by atoms with Gasteiger partial charge in [0.15, 0.2) is 5.65 Å². The molecule has 1 saturated heterocycles. The topological polar surface area (TPSA) is 70.7 Å². The molecule has 3 heterocycles. The van der Waals surface area contributed by atoms with Gasteiger partial charge in [0.25, 0.3) is 5.91 Å². The molecule has 2 aromatic rings. The molecule has 6 nitrogen and oxygen atoms in total. The molecule has 0 spiro atoms. The van der Waals surface area contributed by atoms with E-state index in [-0.39, 0.29) is 5.91 Å². The van der Waals surface area contributed by atoms with Crippen molar-refractivity contribution < 1.29 is 9.90 Å². The molecule has 1 amide bonds. The Kier molecular flexibility index (Phi) is 2.79. The summed E-state index contributed by atoms with van der Waals surface area (Å²) in [5.74, 6) is -0.115. The van der Waals surface area contributed by atoms with Gasteiger partial charge in [0, 0.05) is 24.5 Å². The molecule has 1 unspecified atom stereocenters. The minimum Gasteiger partial charge on any atom is -0.388 e. The van der Waals surface area contributed by atoms with Crippen LogP contribution in [0.2, 0.25) is 0 Å². The molecule has 0 aliphatic carbocycles. The smallest absolute Gasteiger partial charge is 0.259 e. The molecule has 1 N–H and O–H groups in total. The predicted octanol–water partition coefficient (Wildman–Crippen LogP) is 0.943. The van der Waals surface area contributed by atoms with Crippen LogP contribution in [0.3, 0.4) is 0 Å². The van der Waals surface area contributed by atoms with Gasteiger partial charge in [-0.05, 0) is 33.3 Å². The second kappa shape index (κ2) is 4.28. The first kappa shape index (κ1) is 13.1. The summed E-state index contributed by atoms with van der Waals surface area (Å²) in [4.78, 5) is 18.6. The lowest BCUT2D eigenvalue weighted by molar-refractivity contribution is 0.0573. The molecule has 0 aromatic carbocycles. The molecule has 0 radical (unpaired) electrons. The highest BCUT2D eigenvalue weighted by Gasteiger charge is 2.35. The number of hydrogen-bond acceptors (Lipinski definition) is 4. The Labute approximate surface area is 117 Å². The zero-order chi connectivity index (χ0) is 14.5. The van der Waals surface area contributed by atoms with Gasteiger partial charge < -0.3 is 10.0 Å². The maximum absolute atomic E-state index is 12.6. The van der Waals surface area contributed by atoms with Gasteiger partial charge >= 0.3 is 0 Å². The SMILES string of the molecule is Cc1cc(C)n2ncc(C(=O)N3CCC(C)(O)C3)c2n1. The predicted molar refractivity (Wildman–Crippen MR) is 73.6 cm³/mol. The summed E-state index contributed by atoms with van der Waals surface area (Å²) in [7, 11) is 0. The summed E-state index contributed by atoms with van der Waals surface area (Å²) >= 11 is 0. The Hall–Kier alpha value is -1.95. The van der Waals surface area contributed by atoms with Crippen molar-refractivity contribution in [2.24, 2.45) is 0 Å². The molecule has 0 saturated carbocycles. The molecule has 106 valence electrons. The molecule has 3 rings (SSSR count). The van der Waals surface area contributed by atoms with Crippen molar-refractivity contribution in [2.75, 3.05) is 13.1 Å². The van der Waals surface area contributed by atoms with Crippen LogP contribution in [0, 0.1) is 13.8 Å². The van der Waals surface area contributed by atoms with Crippen LogP contribution in [0.15, 0.2) is 12.3 Å². The highest BCUT2D eigenvalue weighted by Crippen LogP contribution is 2.23. The molecule has 1 aliphatic heterocycles. The number of nitrogens with zero attached hydrogens (tertiary/aromatic N) is 4. The average Bonchev–Trinajstić information content (AvgIpc) is 2.91. The van der Waals surface area contributed by atoms with Crippen LogP contribution in [-0.4, -0.2) is 49.2 Å². The number of aliphatic hydroxyl groups is 1. The van der Waals surface area contributed by atoms with Crippen LogP contribution in [-0.2, 0) is 0 Å². The van der Waals surface area contributed by atoms with Crippen LogP contribution in [0.5, 0.6) is 0 Å². The number of hydrogen-bond donors (Lipinski definition) is 1. The van der Waals surface area contributed by atoms with E-state index < -0.39 is 5.60 Å². The lowest BCUT2D eigenvalue weighted by Gasteiger charge is -2.18. The van der Waals surface area contributed by atoms with E-state index >= 15 is 0 Å². The number of amides is 1. The lowest BCUT2D eigenvalue weighted by Crippen LogP contribution is -2.33. The number of rotatable bonds is 1. The third-order valence-corrected chi connectivity index (χ3v) is 3.75. The summed E-state index contributed by atoms with van der Waals surface area (Å²) in [5, 5.41) is 14.2. The van der Waals surface area contributed by atoms with Gasteiger partial charge in [0.2, 0.25) is 0 Å². The van der Waals surface area contributed by atoms with Crippen molar-refractivity contribution in [1.82, 2.24) is 19.5 Å². The fraction of sp³-hybridized carbons (Fsp3) is 0.500. The maximum Gasteiger partial charge on any atom is 0.259 e. The molecular weight excluding hydrogens is 256 g/mol. The van der Waals surface area contributed by atoms with Crippen LogP contribution in [0.1, 0.15) is 35.1 Å². The molecule has 6 heteroatoms. The third-order valence-electron chi connectivity index (χ3n) is 3.75. The first-order valence-electron chi connectivity index (χ1n) is 6.71. The molecule has 1 fully saturated rings. The molecule has 1 aliphatic rings. The van der Waals surface area contributed by atoms with Crippen LogP contribution >= 0.6 is 0 Å². The van der Waals surface area contributed by atoms with E-state index in [1.807, 2.05) is 19.9 Å². The first-order valence-corrected chi connectivity index (χ1v) is 6.71. The van der Waals surface area contributed by atoms with Crippen molar-refractivity contribution in [1.29, 1.82) is 0 Å². The van der Waals surface area contributed by atoms with E-state index in [9.17, 15) is 9.90 Å². The second-order valence-electron chi connectivity index (χ2n) is 5.81.